The molecule has 1 aliphatic heterocycles. The summed E-state index contributed by atoms with van der Waals surface area (Å²) in [6.45, 7) is 1.48. The van der Waals surface area contributed by atoms with E-state index in [9.17, 15) is 9.90 Å². The first-order valence-electron chi connectivity index (χ1n) is 7.92. The molecule has 0 spiro atoms. The highest BCUT2D eigenvalue weighted by atomic mass is 16.5. The molecule has 6 heteroatoms. The highest BCUT2D eigenvalue weighted by Crippen LogP contribution is 2.36. The van der Waals surface area contributed by atoms with Crippen LogP contribution in [-0.4, -0.2) is 36.0 Å². The lowest BCUT2D eigenvalue weighted by atomic mass is 9.97. The van der Waals surface area contributed by atoms with Gasteiger partial charge in [-0.1, -0.05) is 12.1 Å². The number of ether oxygens (including phenoxy) is 2. The quantitative estimate of drug-likeness (QED) is 0.928. The third kappa shape index (κ3) is 3.28. The van der Waals surface area contributed by atoms with E-state index in [2.05, 4.69) is 5.10 Å². The molecule has 0 bridgehead atoms. The maximum Gasteiger partial charge on any atom is 0.240 e. The first-order chi connectivity index (χ1) is 12.0. The molecule has 0 fully saturated rings. The van der Waals surface area contributed by atoms with Gasteiger partial charge in [0.1, 0.15) is 17.2 Å². The molecule has 0 aliphatic carbocycles. The van der Waals surface area contributed by atoms with Crippen LogP contribution in [0, 0.1) is 0 Å². The van der Waals surface area contributed by atoms with Crippen molar-refractivity contribution in [3.05, 3.63) is 53.6 Å². The normalized spacial score (nSPS) is 16.5. The number of hydrogen-bond acceptors (Lipinski definition) is 5. The minimum absolute atomic E-state index is 0.161. The van der Waals surface area contributed by atoms with Crippen molar-refractivity contribution >= 4 is 11.6 Å². The summed E-state index contributed by atoms with van der Waals surface area (Å²) >= 11 is 0. The third-order valence-corrected chi connectivity index (χ3v) is 4.21. The molecule has 130 valence electrons. The van der Waals surface area contributed by atoms with Gasteiger partial charge in [0, 0.05) is 18.9 Å². The van der Waals surface area contributed by atoms with Crippen LogP contribution in [-0.2, 0) is 4.79 Å². The van der Waals surface area contributed by atoms with E-state index in [0.717, 1.165) is 16.8 Å². The van der Waals surface area contributed by atoms with Crippen LogP contribution in [0.25, 0.3) is 0 Å². The van der Waals surface area contributed by atoms with Gasteiger partial charge in [0.25, 0.3) is 0 Å². The second-order valence-corrected chi connectivity index (χ2v) is 5.79. The Morgan fingerprint density at radius 1 is 1.20 bits per heavy atom. The number of methoxy groups -OCH3 is 2. The summed E-state index contributed by atoms with van der Waals surface area (Å²) in [4.78, 5) is 12.1. The van der Waals surface area contributed by atoms with Crippen LogP contribution < -0.4 is 9.47 Å². The molecule has 1 aliphatic rings. The van der Waals surface area contributed by atoms with Gasteiger partial charge < -0.3 is 14.6 Å². The smallest absolute Gasteiger partial charge is 0.240 e. The number of benzene rings is 2. The van der Waals surface area contributed by atoms with Crippen molar-refractivity contribution in [3.8, 4) is 17.2 Å². The summed E-state index contributed by atoms with van der Waals surface area (Å²) in [5, 5.41) is 15.7. The van der Waals surface area contributed by atoms with Gasteiger partial charge in [-0.15, -0.1) is 0 Å². The highest BCUT2D eigenvalue weighted by molar-refractivity contribution is 6.05. The van der Waals surface area contributed by atoms with Crippen LogP contribution in [0.4, 0.5) is 0 Å². The molecule has 0 aromatic heterocycles. The number of phenolic OH excluding ortho intramolecular Hbond substituents is 1. The largest absolute Gasteiger partial charge is 0.508 e. The zero-order valence-electron chi connectivity index (χ0n) is 14.4. The summed E-state index contributed by atoms with van der Waals surface area (Å²) in [5.41, 5.74) is 2.35. The Hall–Kier alpha value is -3.02. The Bertz CT molecular complexity index is 832. The maximum atomic E-state index is 12.1. The number of rotatable bonds is 4. The van der Waals surface area contributed by atoms with Crippen molar-refractivity contribution in [1.82, 2.24) is 5.01 Å². The van der Waals surface area contributed by atoms with Gasteiger partial charge in [-0.3, -0.25) is 4.79 Å². The first-order valence-corrected chi connectivity index (χ1v) is 7.92. The van der Waals surface area contributed by atoms with Gasteiger partial charge in [-0.05, 0) is 35.9 Å². The molecule has 1 amide bonds. The average molecular weight is 340 g/mol. The minimum Gasteiger partial charge on any atom is -0.508 e. The van der Waals surface area contributed by atoms with Gasteiger partial charge >= 0.3 is 0 Å². The molecule has 1 heterocycles. The molecule has 0 saturated carbocycles. The van der Waals surface area contributed by atoms with Crippen molar-refractivity contribution < 1.29 is 19.4 Å². The van der Waals surface area contributed by atoms with E-state index in [1.165, 1.54) is 11.9 Å². The van der Waals surface area contributed by atoms with Crippen molar-refractivity contribution in [2.75, 3.05) is 14.2 Å². The summed E-state index contributed by atoms with van der Waals surface area (Å²) < 4.78 is 10.7. The zero-order valence-corrected chi connectivity index (χ0v) is 14.4. The lowest BCUT2D eigenvalue weighted by molar-refractivity contribution is -0.130. The van der Waals surface area contributed by atoms with Gasteiger partial charge in [0.2, 0.25) is 5.91 Å². The van der Waals surface area contributed by atoms with Crippen LogP contribution in [0.1, 0.15) is 30.5 Å². The Labute approximate surface area is 146 Å². The summed E-state index contributed by atoms with van der Waals surface area (Å²) in [7, 11) is 3.19. The molecule has 3 rings (SSSR count). The van der Waals surface area contributed by atoms with Crippen molar-refractivity contribution in [1.29, 1.82) is 0 Å². The van der Waals surface area contributed by atoms with Crippen molar-refractivity contribution in [2.45, 2.75) is 19.4 Å². The van der Waals surface area contributed by atoms with E-state index in [1.54, 1.807) is 32.4 Å². The molecule has 2 aromatic rings. The number of carbonyl (C=O) groups is 1. The van der Waals surface area contributed by atoms with Crippen LogP contribution in [0.3, 0.4) is 0 Å². The molecular formula is C19H20N2O4. The van der Waals surface area contributed by atoms with E-state index in [0.29, 0.717) is 17.9 Å². The lowest BCUT2D eigenvalue weighted by Crippen LogP contribution is -2.24. The number of amides is 1. The predicted octanol–water partition coefficient (Wildman–Crippen LogP) is 3.11. The predicted molar refractivity (Wildman–Crippen MR) is 94.1 cm³/mol. The van der Waals surface area contributed by atoms with E-state index in [1.807, 2.05) is 24.3 Å². The fourth-order valence-electron chi connectivity index (χ4n) is 2.99. The van der Waals surface area contributed by atoms with E-state index in [4.69, 9.17) is 9.47 Å². The molecule has 1 unspecified atom stereocenters. The first kappa shape index (κ1) is 16.8. The molecule has 2 aromatic carbocycles. The minimum atomic E-state index is -0.268. The molecule has 6 nitrogen and oxygen atoms in total. The molecular weight excluding hydrogens is 320 g/mol. The standard InChI is InChI=1S/C19H20N2O4/c1-12(22)21-18(13-5-4-6-14(23)9-13)11-17(20-21)16-10-15(24-2)7-8-19(16)25-3/h4-10,18,23H,11H2,1-3H3. The molecule has 1 atom stereocenters. The fourth-order valence-corrected chi connectivity index (χ4v) is 2.99. The maximum absolute atomic E-state index is 12.1. The van der Waals surface area contributed by atoms with Crippen LogP contribution >= 0.6 is 0 Å². The fraction of sp³-hybridized carbons (Fsp3) is 0.263. The summed E-state index contributed by atoms with van der Waals surface area (Å²) in [6, 6.07) is 12.1. The Morgan fingerprint density at radius 2 is 2.00 bits per heavy atom. The lowest BCUT2D eigenvalue weighted by Gasteiger charge is -2.20. The second kappa shape index (κ2) is 6.84. The number of hydrazone groups is 1. The number of carbonyl (C=O) groups excluding carboxylic acids is 1. The van der Waals surface area contributed by atoms with Crippen molar-refractivity contribution in [2.24, 2.45) is 5.10 Å². The zero-order chi connectivity index (χ0) is 18.0. The number of aromatic hydroxyl groups is 1. The summed E-state index contributed by atoms with van der Waals surface area (Å²) in [5.74, 6) is 1.35. The van der Waals surface area contributed by atoms with Gasteiger partial charge in [-0.25, -0.2) is 5.01 Å². The molecule has 0 radical (unpaired) electrons. The van der Waals surface area contributed by atoms with Crippen LogP contribution in [0.5, 0.6) is 17.2 Å². The second-order valence-electron chi connectivity index (χ2n) is 5.79. The Kier molecular flexibility index (Phi) is 4.61. The number of phenols is 1. The summed E-state index contributed by atoms with van der Waals surface area (Å²) in [6.07, 6.45) is 0.520. The van der Waals surface area contributed by atoms with Crippen LogP contribution in [0.2, 0.25) is 0 Å². The topological polar surface area (TPSA) is 71.4 Å². The average Bonchev–Trinajstić information content (AvgIpc) is 3.06. The van der Waals surface area contributed by atoms with E-state index in [-0.39, 0.29) is 17.7 Å². The third-order valence-electron chi connectivity index (χ3n) is 4.21. The van der Waals surface area contributed by atoms with Crippen LogP contribution in [0.15, 0.2) is 47.6 Å². The van der Waals surface area contributed by atoms with E-state index >= 15 is 0 Å². The van der Waals surface area contributed by atoms with Gasteiger partial charge in [0.05, 0.1) is 26.0 Å². The van der Waals surface area contributed by atoms with Gasteiger partial charge in [0.15, 0.2) is 0 Å². The molecule has 25 heavy (non-hydrogen) atoms. The number of hydrogen-bond donors (Lipinski definition) is 1. The highest BCUT2D eigenvalue weighted by Gasteiger charge is 2.32. The Balaban J connectivity index is 2.02. The van der Waals surface area contributed by atoms with Gasteiger partial charge in [-0.2, -0.15) is 5.10 Å². The number of nitrogens with zero attached hydrogens (tertiary/aromatic N) is 2. The Morgan fingerprint density at radius 3 is 2.64 bits per heavy atom. The SMILES string of the molecule is COc1ccc(OC)c(C2=NN(C(C)=O)C(c3cccc(O)c3)C2)c1. The van der Waals surface area contributed by atoms with E-state index < -0.39 is 0 Å². The van der Waals surface area contributed by atoms with Crippen molar-refractivity contribution in [3.63, 3.8) is 0 Å². The molecule has 1 N–H and O–H groups in total. The molecule has 0 saturated heterocycles. The monoisotopic (exact) mass is 340 g/mol.